The lowest BCUT2D eigenvalue weighted by Gasteiger charge is -2.44. The van der Waals surface area contributed by atoms with Crippen LogP contribution in [0.25, 0.3) is 0 Å². The molecule has 96 valence electrons. The molecule has 0 bridgehead atoms. The Hall–Kier alpha value is -0.0800. The molecule has 1 aliphatic rings. The third-order valence-electron chi connectivity index (χ3n) is 4.36. The van der Waals surface area contributed by atoms with Gasteiger partial charge in [-0.1, -0.05) is 34.1 Å². The van der Waals surface area contributed by atoms with Crippen LogP contribution in [-0.4, -0.2) is 18.1 Å². The number of nitrogens with two attached hydrogens (primary N) is 1. The lowest BCUT2D eigenvalue weighted by molar-refractivity contribution is 0.0524. The van der Waals surface area contributed by atoms with E-state index < -0.39 is 0 Å². The fraction of sp³-hybridized carbons (Fsp3) is 1.00. The van der Waals surface area contributed by atoms with Crippen LogP contribution in [-0.2, 0) is 0 Å². The molecule has 1 aliphatic carbocycles. The Balaban J connectivity index is 2.65. The summed E-state index contributed by atoms with van der Waals surface area (Å²) in [7, 11) is 2.04. The van der Waals surface area contributed by atoms with Gasteiger partial charge in [-0.15, -0.1) is 0 Å². The molecule has 1 fully saturated rings. The number of hydrazine groups is 1. The van der Waals surface area contributed by atoms with Gasteiger partial charge < -0.3 is 0 Å². The van der Waals surface area contributed by atoms with Gasteiger partial charge in [0.2, 0.25) is 0 Å². The second-order valence-corrected chi connectivity index (χ2v) is 6.66. The molecule has 1 rings (SSSR count). The van der Waals surface area contributed by atoms with Gasteiger partial charge in [0, 0.05) is 13.1 Å². The molecule has 0 aromatic heterocycles. The Morgan fingerprint density at radius 1 is 1.25 bits per heavy atom. The van der Waals surface area contributed by atoms with Gasteiger partial charge in [0.1, 0.15) is 0 Å². The van der Waals surface area contributed by atoms with Crippen LogP contribution in [0.15, 0.2) is 0 Å². The summed E-state index contributed by atoms with van der Waals surface area (Å²) in [6.45, 7) is 9.38. The van der Waals surface area contributed by atoms with E-state index in [1.54, 1.807) is 0 Å². The van der Waals surface area contributed by atoms with Crippen molar-refractivity contribution in [3.8, 4) is 0 Å². The Kier molecular flexibility index (Phi) is 4.81. The molecule has 2 nitrogen and oxygen atoms in total. The molecule has 2 N–H and O–H groups in total. The predicted octanol–water partition coefficient (Wildman–Crippen LogP) is 3.42. The average molecular weight is 226 g/mol. The maximum absolute atomic E-state index is 6.03. The molecule has 3 atom stereocenters. The molecule has 0 radical (unpaired) electrons. The molecule has 0 aromatic rings. The summed E-state index contributed by atoms with van der Waals surface area (Å²) in [6.07, 6.45) is 6.65. The largest absolute Gasteiger partial charge is 0.269 e. The summed E-state index contributed by atoms with van der Waals surface area (Å²) in [6, 6.07) is 0.595. The van der Waals surface area contributed by atoms with Crippen molar-refractivity contribution in [3.05, 3.63) is 0 Å². The monoisotopic (exact) mass is 226 g/mol. The molecule has 1 saturated carbocycles. The topological polar surface area (TPSA) is 29.3 Å². The molecule has 2 heteroatoms. The Bertz CT molecular complexity index is 205. The average Bonchev–Trinajstić information content (AvgIpc) is 2.16. The van der Waals surface area contributed by atoms with E-state index in [-0.39, 0.29) is 0 Å². The van der Waals surface area contributed by atoms with Gasteiger partial charge in [-0.05, 0) is 42.9 Å². The molecule has 0 heterocycles. The molecular formula is C14H30N2. The van der Waals surface area contributed by atoms with E-state index in [1.165, 1.54) is 32.1 Å². The summed E-state index contributed by atoms with van der Waals surface area (Å²) in [4.78, 5) is 0. The first kappa shape index (κ1) is 14.0. The smallest absolute Gasteiger partial charge is 0.0269 e. The van der Waals surface area contributed by atoms with E-state index in [4.69, 9.17) is 5.84 Å². The lowest BCUT2D eigenvalue weighted by atomic mass is 9.67. The van der Waals surface area contributed by atoms with Gasteiger partial charge in [0.15, 0.2) is 0 Å². The van der Waals surface area contributed by atoms with Crippen molar-refractivity contribution in [2.75, 3.05) is 7.05 Å². The zero-order valence-electron chi connectivity index (χ0n) is 11.8. The predicted molar refractivity (Wildman–Crippen MR) is 70.9 cm³/mol. The van der Waals surface area contributed by atoms with Crippen molar-refractivity contribution < 1.29 is 0 Å². The van der Waals surface area contributed by atoms with Crippen molar-refractivity contribution in [3.63, 3.8) is 0 Å². The summed E-state index contributed by atoms with van der Waals surface area (Å²) in [5, 5.41) is 1.97. The van der Waals surface area contributed by atoms with Crippen molar-refractivity contribution in [2.24, 2.45) is 23.1 Å². The summed E-state index contributed by atoms with van der Waals surface area (Å²) < 4.78 is 0. The van der Waals surface area contributed by atoms with Crippen LogP contribution >= 0.6 is 0 Å². The van der Waals surface area contributed by atoms with Crippen LogP contribution in [0.5, 0.6) is 0 Å². The second kappa shape index (κ2) is 5.50. The van der Waals surface area contributed by atoms with Crippen molar-refractivity contribution >= 4 is 0 Å². The zero-order chi connectivity index (χ0) is 12.3. The van der Waals surface area contributed by atoms with Gasteiger partial charge in [-0.2, -0.15) is 0 Å². The highest BCUT2D eigenvalue weighted by Gasteiger charge is 2.36. The van der Waals surface area contributed by atoms with E-state index in [0.717, 1.165) is 11.8 Å². The van der Waals surface area contributed by atoms with E-state index >= 15 is 0 Å². The molecule has 0 saturated heterocycles. The Morgan fingerprint density at radius 2 is 1.88 bits per heavy atom. The maximum Gasteiger partial charge on any atom is 0.0269 e. The number of nitrogens with zero attached hydrogens (tertiary/aromatic N) is 1. The fourth-order valence-electron chi connectivity index (χ4n) is 3.20. The van der Waals surface area contributed by atoms with Gasteiger partial charge in [0.05, 0.1) is 0 Å². The molecule has 16 heavy (non-hydrogen) atoms. The van der Waals surface area contributed by atoms with E-state index in [9.17, 15) is 0 Å². The first-order chi connectivity index (χ1) is 7.36. The second-order valence-electron chi connectivity index (χ2n) is 6.66. The molecule has 0 aliphatic heterocycles. The molecule has 0 spiro atoms. The van der Waals surface area contributed by atoms with Crippen molar-refractivity contribution in [1.29, 1.82) is 0 Å². The van der Waals surface area contributed by atoms with E-state index in [0.29, 0.717) is 11.5 Å². The fourth-order valence-corrected chi connectivity index (χ4v) is 3.20. The highest BCUT2D eigenvalue weighted by atomic mass is 15.4. The minimum atomic E-state index is 0.436. The summed E-state index contributed by atoms with van der Waals surface area (Å²) in [5.41, 5.74) is 0.436. The minimum Gasteiger partial charge on any atom is -0.269 e. The molecular weight excluding hydrogens is 196 g/mol. The van der Waals surface area contributed by atoms with Crippen molar-refractivity contribution in [1.82, 2.24) is 5.01 Å². The molecule has 0 amide bonds. The van der Waals surface area contributed by atoms with Gasteiger partial charge in [0.25, 0.3) is 0 Å². The highest BCUT2D eigenvalue weighted by Crippen LogP contribution is 2.42. The summed E-state index contributed by atoms with van der Waals surface area (Å²) in [5.74, 6) is 7.67. The van der Waals surface area contributed by atoms with Gasteiger partial charge in [-0.3, -0.25) is 5.84 Å². The summed E-state index contributed by atoms with van der Waals surface area (Å²) >= 11 is 0. The standard InChI is InChI=1S/C14H30N2/c1-6-7-11-8-9-12(14(2,3)4)10-13(11)16(5)15/h11-13H,6-10,15H2,1-5H3. The first-order valence-corrected chi connectivity index (χ1v) is 6.83. The molecule has 3 unspecified atom stereocenters. The van der Waals surface area contributed by atoms with Crippen LogP contribution in [0.4, 0.5) is 0 Å². The normalized spacial score (nSPS) is 32.1. The first-order valence-electron chi connectivity index (χ1n) is 6.83. The number of hydrogen-bond acceptors (Lipinski definition) is 2. The highest BCUT2D eigenvalue weighted by molar-refractivity contribution is 4.88. The number of rotatable bonds is 3. The maximum atomic E-state index is 6.03. The third-order valence-corrected chi connectivity index (χ3v) is 4.36. The van der Waals surface area contributed by atoms with Crippen molar-refractivity contribution in [2.45, 2.75) is 65.8 Å². The van der Waals surface area contributed by atoms with Crippen LogP contribution in [0.3, 0.4) is 0 Å². The van der Waals surface area contributed by atoms with E-state index in [2.05, 4.69) is 27.7 Å². The third kappa shape index (κ3) is 3.46. The molecule has 0 aromatic carbocycles. The van der Waals surface area contributed by atoms with Gasteiger partial charge in [-0.25, -0.2) is 5.01 Å². The Morgan fingerprint density at radius 3 is 2.31 bits per heavy atom. The minimum absolute atomic E-state index is 0.436. The van der Waals surface area contributed by atoms with Crippen LogP contribution in [0, 0.1) is 17.3 Å². The van der Waals surface area contributed by atoms with Crippen LogP contribution < -0.4 is 5.84 Å². The number of hydrogen-bond donors (Lipinski definition) is 1. The van der Waals surface area contributed by atoms with Gasteiger partial charge >= 0.3 is 0 Å². The Labute approximate surface area is 102 Å². The quantitative estimate of drug-likeness (QED) is 0.590. The zero-order valence-corrected chi connectivity index (χ0v) is 11.8. The lowest BCUT2D eigenvalue weighted by Crippen LogP contribution is -2.47. The SMILES string of the molecule is CCCC1CCC(C(C)(C)C)CC1N(C)N. The van der Waals surface area contributed by atoms with Crippen LogP contribution in [0.1, 0.15) is 59.8 Å². The van der Waals surface area contributed by atoms with E-state index in [1.807, 2.05) is 12.1 Å². The van der Waals surface area contributed by atoms with Crippen LogP contribution in [0.2, 0.25) is 0 Å².